The van der Waals surface area contributed by atoms with Crippen molar-refractivity contribution in [2.24, 2.45) is 17.3 Å². The molecule has 14 heavy (non-hydrogen) atoms. The number of hydrogen-bond donors (Lipinski definition) is 0. The van der Waals surface area contributed by atoms with Gasteiger partial charge in [-0.1, -0.05) is 40.0 Å². The van der Waals surface area contributed by atoms with Crippen LogP contribution in [0.4, 0.5) is 0 Å². The lowest BCUT2D eigenvalue weighted by molar-refractivity contribution is 0.117. The van der Waals surface area contributed by atoms with Crippen LogP contribution in [0.2, 0.25) is 0 Å². The third kappa shape index (κ3) is 3.69. The van der Waals surface area contributed by atoms with Crippen LogP contribution in [0.3, 0.4) is 0 Å². The summed E-state index contributed by atoms with van der Waals surface area (Å²) in [6.45, 7) is 8.08. The quantitative estimate of drug-likeness (QED) is 0.535. The molecule has 2 unspecified atom stereocenters. The minimum Gasteiger partial charge on any atom is -0.316 e. The molecule has 0 N–H and O–H groups in total. The molecule has 1 aliphatic rings. The van der Waals surface area contributed by atoms with Crippen molar-refractivity contribution in [3.05, 3.63) is 0 Å². The predicted molar refractivity (Wildman–Crippen MR) is 69.5 cm³/mol. The molecule has 1 fully saturated rings. The van der Waals surface area contributed by atoms with Crippen LogP contribution >= 0.6 is 23.0 Å². The molecule has 84 valence electrons. The summed E-state index contributed by atoms with van der Waals surface area (Å²) in [5.41, 5.74) is 0.449. The van der Waals surface area contributed by atoms with Crippen molar-refractivity contribution in [3.8, 4) is 0 Å². The van der Waals surface area contributed by atoms with Crippen LogP contribution < -0.4 is 0 Å². The molecule has 0 amide bonds. The lowest BCUT2D eigenvalue weighted by Crippen LogP contribution is -2.29. The molecule has 1 saturated carbocycles. The molecule has 0 spiro atoms. The zero-order valence-electron chi connectivity index (χ0n) is 9.68. The van der Waals surface area contributed by atoms with E-state index in [0.717, 1.165) is 18.4 Å². The van der Waals surface area contributed by atoms with E-state index in [1.54, 1.807) is 0 Å². The van der Waals surface area contributed by atoms with Gasteiger partial charge in [-0.15, -0.1) is 0 Å². The molecule has 0 aromatic carbocycles. The Morgan fingerprint density at radius 1 is 1.14 bits per heavy atom. The second-order valence-corrected chi connectivity index (χ2v) is 6.27. The van der Waals surface area contributed by atoms with Gasteiger partial charge in [-0.3, -0.25) is 0 Å². The Morgan fingerprint density at radius 2 is 1.79 bits per heavy atom. The van der Waals surface area contributed by atoms with E-state index in [9.17, 15) is 0 Å². The maximum Gasteiger partial charge on any atom is 0.109 e. The highest BCUT2D eigenvalue weighted by atomic mass is 127. The summed E-state index contributed by atoms with van der Waals surface area (Å²) in [7, 11) is 0. The summed E-state index contributed by atoms with van der Waals surface area (Å²) in [6.07, 6.45) is 7.00. The van der Waals surface area contributed by atoms with Gasteiger partial charge in [0.25, 0.3) is 0 Å². The van der Waals surface area contributed by atoms with Gasteiger partial charge in [0.05, 0.1) is 6.61 Å². The molecule has 0 heterocycles. The summed E-state index contributed by atoms with van der Waals surface area (Å²) in [6, 6.07) is 0. The first-order valence-electron chi connectivity index (χ1n) is 5.79. The van der Waals surface area contributed by atoms with E-state index in [-0.39, 0.29) is 0 Å². The maximum atomic E-state index is 5.33. The van der Waals surface area contributed by atoms with E-state index in [0.29, 0.717) is 5.41 Å². The largest absolute Gasteiger partial charge is 0.316 e. The fraction of sp³-hybridized carbons (Fsp3) is 1.00. The molecule has 0 aromatic heterocycles. The van der Waals surface area contributed by atoms with Crippen molar-refractivity contribution in [1.82, 2.24) is 0 Å². The molecule has 1 aliphatic carbocycles. The first kappa shape index (κ1) is 12.8. The summed E-state index contributed by atoms with van der Waals surface area (Å²) < 4.78 is 5.33. The first-order chi connectivity index (χ1) is 6.55. The van der Waals surface area contributed by atoms with Crippen molar-refractivity contribution >= 4 is 23.0 Å². The smallest absolute Gasteiger partial charge is 0.109 e. The average Bonchev–Trinajstić information content (AvgIpc) is 2.29. The average molecular weight is 310 g/mol. The van der Waals surface area contributed by atoms with E-state index in [1.165, 1.54) is 32.1 Å². The maximum absolute atomic E-state index is 5.33. The van der Waals surface area contributed by atoms with Gasteiger partial charge in [0, 0.05) is 0 Å². The van der Waals surface area contributed by atoms with Crippen LogP contribution in [-0.2, 0) is 3.07 Å². The first-order valence-corrected chi connectivity index (χ1v) is 6.67. The van der Waals surface area contributed by atoms with Crippen molar-refractivity contribution < 1.29 is 3.07 Å². The minimum absolute atomic E-state index is 0.449. The fourth-order valence-electron chi connectivity index (χ4n) is 2.80. The summed E-state index contributed by atoms with van der Waals surface area (Å²) >= 11 is 2.04. The van der Waals surface area contributed by atoms with Crippen LogP contribution in [-0.4, -0.2) is 6.61 Å². The molecular formula is C12H23IO. The van der Waals surface area contributed by atoms with Crippen molar-refractivity contribution in [2.45, 2.75) is 52.9 Å². The number of hydrogen-bond acceptors (Lipinski definition) is 1. The van der Waals surface area contributed by atoms with Gasteiger partial charge in [0.2, 0.25) is 0 Å². The van der Waals surface area contributed by atoms with Gasteiger partial charge >= 0.3 is 0 Å². The Labute approximate surface area is 103 Å². The summed E-state index contributed by atoms with van der Waals surface area (Å²) in [4.78, 5) is 0. The molecule has 0 aromatic rings. The monoisotopic (exact) mass is 310 g/mol. The van der Waals surface area contributed by atoms with Gasteiger partial charge in [-0.25, -0.2) is 0 Å². The zero-order valence-corrected chi connectivity index (χ0v) is 11.8. The number of rotatable bonds is 2. The Kier molecular flexibility index (Phi) is 5.18. The molecule has 0 radical (unpaired) electrons. The number of halogens is 1. The second-order valence-electron chi connectivity index (χ2n) is 5.65. The molecule has 1 rings (SSSR count). The van der Waals surface area contributed by atoms with Crippen LogP contribution in [0, 0.1) is 17.3 Å². The van der Waals surface area contributed by atoms with Crippen LogP contribution in [0.15, 0.2) is 0 Å². The van der Waals surface area contributed by atoms with Gasteiger partial charge in [-0.2, -0.15) is 0 Å². The molecule has 2 atom stereocenters. The Balaban J connectivity index is 2.64. The van der Waals surface area contributed by atoms with E-state index < -0.39 is 0 Å². The van der Waals surface area contributed by atoms with Gasteiger partial charge in [-0.05, 0) is 30.1 Å². The highest BCUT2D eigenvalue weighted by Crippen LogP contribution is 2.40. The van der Waals surface area contributed by atoms with E-state index >= 15 is 0 Å². The van der Waals surface area contributed by atoms with E-state index in [4.69, 9.17) is 3.07 Å². The highest BCUT2D eigenvalue weighted by molar-refractivity contribution is 14.1. The zero-order chi connectivity index (χ0) is 10.6. The second kappa shape index (κ2) is 5.69. The van der Waals surface area contributed by atoms with Crippen molar-refractivity contribution in [2.75, 3.05) is 6.61 Å². The Hall–Kier alpha value is 0.690. The van der Waals surface area contributed by atoms with Crippen molar-refractivity contribution in [3.63, 3.8) is 0 Å². The highest BCUT2D eigenvalue weighted by Gasteiger charge is 2.32. The van der Waals surface area contributed by atoms with Crippen LogP contribution in [0.5, 0.6) is 0 Å². The van der Waals surface area contributed by atoms with Crippen LogP contribution in [0.25, 0.3) is 0 Å². The fourth-order valence-corrected chi connectivity index (χ4v) is 3.27. The third-order valence-electron chi connectivity index (χ3n) is 3.55. The van der Waals surface area contributed by atoms with Gasteiger partial charge in [0.15, 0.2) is 0 Å². The lowest BCUT2D eigenvalue weighted by atomic mass is 9.71. The summed E-state index contributed by atoms with van der Waals surface area (Å²) in [5, 5.41) is 0. The van der Waals surface area contributed by atoms with Gasteiger partial charge < -0.3 is 3.07 Å². The Morgan fingerprint density at radius 3 is 2.36 bits per heavy atom. The lowest BCUT2D eigenvalue weighted by Gasteiger charge is -2.35. The molecule has 0 bridgehead atoms. The normalized spacial score (nSPS) is 30.0. The summed E-state index contributed by atoms with van der Waals surface area (Å²) in [5.74, 6) is 1.63. The minimum atomic E-state index is 0.449. The molecular weight excluding hydrogens is 287 g/mol. The van der Waals surface area contributed by atoms with Crippen LogP contribution in [0.1, 0.15) is 52.9 Å². The van der Waals surface area contributed by atoms with Gasteiger partial charge in [0.1, 0.15) is 23.0 Å². The SMILES string of the molecule is CC(C)(C)C1CCCCCC1COI. The third-order valence-corrected chi connectivity index (χ3v) is 3.91. The molecule has 1 nitrogen and oxygen atoms in total. The predicted octanol–water partition coefficient (Wildman–Crippen LogP) is 4.60. The standard InChI is InChI=1S/C12H23IO/c1-12(2,3)11-8-6-4-5-7-10(11)9-14-13/h10-11H,4-9H2,1-3H3. The van der Waals surface area contributed by atoms with Crippen molar-refractivity contribution in [1.29, 1.82) is 0 Å². The molecule has 0 saturated heterocycles. The molecule has 2 heteroatoms. The topological polar surface area (TPSA) is 9.23 Å². The molecule has 0 aliphatic heterocycles. The Bertz CT molecular complexity index is 162. The van der Waals surface area contributed by atoms with E-state index in [2.05, 4.69) is 20.8 Å². The van der Waals surface area contributed by atoms with E-state index in [1.807, 2.05) is 23.0 Å².